The summed E-state index contributed by atoms with van der Waals surface area (Å²) in [6.07, 6.45) is 0. The molecule has 1 aliphatic heterocycles. The molecule has 1 fully saturated rings. The fraction of sp³-hybridized carbons (Fsp3) is 0.600. The van der Waals surface area contributed by atoms with Gasteiger partial charge in [-0.2, -0.15) is 0 Å². The molecule has 1 aromatic rings. The van der Waals surface area contributed by atoms with Gasteiger partial charge in [-0.1, -0.05) is 15.9 Å². The van der Waals surface area contributed by atoms with Crippen LogP contribution in [0.15, 0.2) is 22.7 Å². The molecule has 106 valence electrons. The van der Waals surface area contributed by atoms with Crippen molar-refractivity contribution in [2.45, 2.75) is 32.9 Å². The highest BCUT2D eigenvalue weighted by atomic mass is 79.9. The number of nitrogens with one attached hydrogen (secondary N) is 1. The lowest BCUT2D eigenvalue weighted by Gasteiger charge is -2.31. The Bertz CT molecular complexity index is 423. The van der Waals surface area contributed by atoms with Crippen molar-refractivity contribution in [3.05, 3.63) is 28.2 Å². The minimum Gasteiger partial charge on any atom is -0.378 e. The standard InChI is InChI=1S/C15H23BrN2O/c1-15(2,3)17-11-12-10-13(16)4-5-14(12)18-6-8-19-9-7-18/h4-5,10,17H,6-9,11H2,1-3H3. The number of hydrogen-bond acceptors (Lipinski definition) is 3. The van der Waals surface area contributed by atoms with Crippen LogP contribution in [0.3, 0.4) is 0 Å². The molecule has 0 radical (unpaired) electrons. The molecular weight excluding hydrogens is 304 g/mol. The summed E-state index contributed by atoms with van der Waals surface area (Å²) < 4.78 is 6.57. The molecule has 0 amide bonds. The number of ether oxygens (including phenoxy) is 1. The third kappa shape index (κ3) is 4.48. The minimum absolute atomic E-state index is 0.130. The predicted octanol–water partition coefficient (Wildman–Crippen LogP) is 3.17. The Morgan fingerprint density at radius 2 is 1.95 bits per heavy atom. The number of morpholine rings is 1. The van der Waals surface area contributed by atoms with Gasteiger partial charge in [0.25, 0.3) is 0 Å². The van der Waals surface area contributed by atoms with Crippen LogP contribution in [0, 0.1) is 0 Å². The van der Waals surface area contributed by atoms with Crippen molar-refractivity contribution >= 4 is 21.6 Å². The SMILES string of the molecule is CC(C)(C)NCc1cc(Br)ccc1N1CCOCC1. The summed E-state index contributed by atoms with van der Waals surface area (Å²) in [5, 5.41) is 3.57. The molecule has 19 heavy (non-hydrogen) atoms. The van der Waals surface area contributed by atoms with Crippen molar-refractivity contribution in [1.29, 1.82) is 0 Å². The Morgan fingerprint density at radius 1 is 1.26 bits per heavy atom. The van der Waals surface area contributed by atoms with Crippen molar-refractivity contribution in [1.82, 2.24) is 5.32 Å². The van der Waals surface area contributed by atoms with Gasteiger partial charge in [0.15, 0.2) is 0 Å². The topological polar surface area (TPSA) is 24.5 Å². The molecule has 0 aliphatic carbocycles. The zero-order chi connectivity index (χ0) is 13.9. The van der Waals surface area contributed by atoms with E-state index < -0.39 is 0 Å². The quantitative estimate of drug-likeness (QED) is 0.923. The maximum Gasteiger partial charge on any atom is 0.0642 e. The molecule has 1 N–H and O–H groups in total. The zero-order valence-electron chi connectivity index (χ0n) is 12.0. The maximum absolute atomic E-state index is 5.43. The first kappa shape index (κ1) is 14.8. The van der Waals surface area contributed by atoms with Gasteiger partial charge in [0.1, 0.15) is 0 Å². The van der Waals surface area contributed by atoms with Crippen LogP contribution < -0.4 is 10.2 Å². The lowest BCUT2D eigenvalue weighted by Crippen LogP contribution is -2.38. The van der Waals surface area contributed by atoms with E-state index in [1.807, 2.05) is 0 Å². The summed E-state index contributed by atoms with van der Waals surface area (Å²) in [4.78, 5) is 2.41. The number of anilines is 1. The summed E-state index contributed by atoms with van der Waals surface area (Å²) in [5.41, 5.74) is 2.79. The highest BCUT2D eigenvalue weighted by molar-refractivity contribution is 9.10. The van der Waals surface area contributed by atoms with Crippen LogP contribution in [-0.2, 0) is 11.3 Å². The van der Waals surface area contributed by atoms with Crippen molar-refractivity contribution in [3.63, 3.8) is 0 Å². The summed E-state index contributed by atoms with van der Waals surface area (Å²) in [7, 11) is 0. The van der Waals surface area contributed by atoms with E-state index in [0.29, 0.717) is 0 Å². The Kier molecular flexibility index (Phi) is 4.87. The number of hydrogen-bond donors (Lipinski definition) is 1. The van der Waals surface area contributed by atoms with Gasteiger partial charge in [-0.25, -0.2) is 0 Å². The van der Waals surface area contributed by atoms with Gasteiger partial charge in [0, 0.05) is 35.3 Å². The lowest BCUT2D eigenvalue weighted by molar-refractivity contribution is 0.122. The first-order chi connectivity index (χ1) is 8.96. The van der Waals surface area contributed by atoms with Crippen molar-refractivity contribution in [2.24, 2.45) is 0 Å². The van der Waals surface area contributed by atoms with E-state index in [1.54, 1.807) is 0 Å². The van der Waals surface area contributed by atoms with Gasteiger partial charge in [-0.05, 0) is 44.5 Å². The summed E-state index contributed by atoms with van der Waals surface area (Å²) in [6, 6.07) is 6.53. The second kappa shape index (κ2) is 6.25. The highest BCUT2D eigenvalue weighted by Gasteiger charge is 2.16. The third-order valence-electron chi connectivity index (χ3n) is 3.20. The maximum atomic E-state index is 5.43. The van der Waals surface area contributed by atoms with Crippen LogP contribution in [0.25, 0.3) is 0 Å². The molecular formula is C15H23BrN2O. The van der Waals surface area contributed by atoms with E-state index in [1.165, 1.54) is 11.3 Å². The second-order valence-corrected chi connectivity index (χ2v) is 6.89. The van der Waals surface area contributed by atoms with E-state index in [4.69, 9.17) is 4.74 Å². The Balaban J connectivity index is 2.17. The van der Waals surface area contributed by atoms with Crippen molar-refractivity contribution < 1.29 is 4.74 Å². The Hall–Kier alpha value is -0.580. The molecule has 1 aromatic carbocycles. The average Bonchev–Trinajstić information content (AvgIpc) is 2.37. The summed E-state index contributed by atoms with van der Waals surface area (Å²) in [6.45, 7) is 11.1. The molecule has 1 aliphatic rings. The summed E-state index contributed by atoms with van der Waals surface area (Å²) >= 11 is 3.57. The van der Waals surface area contributed by atoms with E-state index in [0.717, 1.165) is 37.3 Å². The Labute approximate surface area is 124 Å². The fourth-order valence-corrected chi connectivity index (χ4v) is 2.58. The van der Waals surface area contributed by atoms with Gasteiger partial charge in [0.05, 0.1) is 13.2 Å². The molecule has 1 saturated heterocycles. The first-order valence-electron chi connectivity index (χ1n) is 6.82. The largest absolute Gasteiger partial charge is 0.378 e. The molecule has 3 nitrogen and oxygen atoms in total. The second-order valence-electron chi connectivity index (χ2n) is 5.98. The van der Waals surface area contributed by atoms with Crippen molar-refractivity contribution in [3.8, 4) is 0 Å². The van der Waals surface area contributed by atoms with Gasteiger partial charge in [-0.15, -0.1) is 0 Å². The van der Waals surface area contributed by atoms with E-state index in [-0.39, 0.29) is 5.54 Å². The molecule has 4 heteroatoms. The van der Waals surface area contributed by atoms with Crippen molar-refractivity contribution in [2.75, 3.05) is 31.2 Å². The van der Waals surface area contributed by atoms with Crippen LogP contribution in [0.5, 0.6) is 0 Å². The predicted molar refractivity (Wildman–Crippen MR) is 83.8 cm³/mol. The van der Waals surface area contributed by atoms with Crippen LogP contribution in [0.1, 0.15) is 26.3 Å². The van der Waals surface area contributed by atoms with Crippen LogP contribution in [0.2, 0.25) is 0 Å². The minimum atomic E-state index is 0.130. The molecule has 0 unspecified atom stereocenters. The molecule has 0 aromatic heterocycles. The number of nitrogens with zero attached hydrogens (tertiary/aromatic N) is 1. The molecule has 0 bridgehead atoms. The smallest absolute Gasteiger partial charge is 0.0642 e. The molecule has 0 atom stereocenters. The number of halogens is 1. The third-order valence-corrected chi connectivity index (χ3v) is 3.70. The van der Waals surface area contributed by atoms with Crippen LogP contribution >= 0.6 is 15.9 Å². The van der Waals surface area contributed by atoms with Crippen LogP contribution in [0.4, 0.5) is 5.69 Å². The molecule has 2 rings (SSSR count). The molecule has 0 saturated carbocycles. The van der Waals surface area contributed by atoms with Gasteiger partial charge < -0.3 is 15.0 Å². The number of rotatable bonds is 3. The molecule has 1 heterocycles. The van der Waals surface area contributed by atoms with Crippen LogP contribution in [-0.4, -0.2) is 31.8 Å². The lowest BCUT2D eigenvalue weighted by atomic mass is 10.1. The van der Waals surface area contributed by atoms with Gasteiger partial charge in [0.2, 0.25) is 0 Å². The highest BCUT2D eigenvalue weighted by Crippen LogP contribution is 2.26. The van der Waals surface area contributed by atoms with E-state index in [2.05, 4.69) is 65.1 Å². The first-order valence-corrected chi connectivity index (χ1v) is 7.61. The zero-order valence-corrected chi connectivity index (χ0v) is 13.6. The molecule has 0 spiro atoms. The average molecular weight is 327 g/mol. The summed E-state index contributed by atoms with van der Waals surface area (Å²) in [5.74, 6) is 0. The monoisotopic (exact) mass is 326 g/mol. The normalized spacial score (nSPS) is 16.7. The number of benzene rings is 1. The van der Waals surface area contributed by atoms with Gasteiger partial charge >= 0.3 is 0 Å². The Morgan fingerprint density at radius 3 is 2.58 bits per heavy atom. The van der Waals surface area contributed by atoms with E-state index in [9.17, 15) is 0 Å². The van der Waals surface area contributed by atoms with Gasteiger partial charge in [-0.3, -0.25) is 0 Å². The fourth-order valence-electron chi connectivity index (χ4n) is 2.17. The van der Waals surface area contributed by atoms with E-state index >= 15 is 0 Å².